The molecule has 0 aromatic carbocycles. The molecular weight excluding hydrogens is 374 g/mol. The molecule has 1 atom stereocenters. The lowest BCUT2D eigenvalue weighted by atomic mass is 9.95. The summed E-state index contributed by atoms with van der Waals surface area (Å²) < 4.78 is 11.3. The molecule has 152 valence electrons. The first-order valence-electron chi connectivity index (χ1n) is 9.85. The SMILES string of the molecule is CCOC(=O)OC(=O)C[C@H](C1CCCC1)n1cc(-c2ncnc3[nH]ccc23)cn1. The second-order valence-electron chi connectivity index (χ2n) is 7.14. The van der Waals surface area contributed by atoms with Crippen LogP contribution in [0.1, 0.15) is 45.1 Å². The Balaban J connectivity index is 1.58. The first-order valence-corrected chi connectivity index (χ1v) is 9.85. The predicted molar refractivity (Wildman–Crippen MR) is 104 cm³/mol. The molecule has 0 aliphatic heterocycles. The lowest BCUT2D eigenvalue weighted by Gasteiger charge is -2.22. The van der Waals surface area contributed by atoms with Crippen molar-refractivity contribution in [3.63, 3.8) is 0 Å². The van der Waals surface area contributed by atoms with Crippen LogP contribution >= 0.6 is 0 Å². The number of hydrogen-bond acceptors (Lipinski definition) is 7. The van der Waals surface area contributed by atoms with Gasteiger partial charge in [-0.2, -0.15) is 5.10 Å². The number of fused-ring (bicyclic) bond motifs is 1. The number of nitrogens with one attached hydrogen (secondary N) is 1. The summed E-state index contributed by atoms with van der Waals surface area (Å²) in [5, 5.41) is 5.43. The van der Waals surface area contributed by atoms with E-state index in [0.717, 1.165) is 48.0 Å². The van der Waals surface area contributed by atoms with Gasteiger partial charge in [0.25, 0.3) is 0 Å². The van der Waals surface area contributed by atoms with E-state index in [0.29, 0.717) is 5.92 Å². The summed E-state index contributed by atoms with van der Waals surface area (Å²) in [6.07, 6.45) is 10.4. The van der Waals surface area contributed by atoms with Crippen LogP contribution in [0.15, 0.2) is 31.0 Å². The number of esters is 1. The van der Waals surface area contributed by atoms with E-state index in [4.69, 9.17) is 9.47 Å². The van der Waals surface area contributed by atoms with E-state index in [9.17, 15) is 9.59 Å². The van der Waals surface area contributed by atoms with Gasteiger partial charge in [0.2, 0.25) is 0 Å². The molecule has 1 aliphatic carbocycles. The van der Waals surface area contributed by atoms with Gasteiger partial charge in [-0.3, -0.25) is 9.48 Å². The van der Waals surface area contributed by atoms with Crippen LogP contribution in [0.3, 0.4) is 0 Å². The minimum absolute atomic E-state index is 0.0634. The molecule has 1 fully saturated rings. The summed E-state index contributed by atoms with van der Waals surface area (Å²) in [5.41, 5.74) is 2.38. The van der Waals surface area contributed by atoms with Crippen molar-refractivity contribution in [3.05, 3.63) is 31.0 Å². The van der Waals surface area contributed by atoms with E-state index < -0.39 is 12.1 Å². The lowest BCUT2D eigenvalue weighted by molar-refractivity contribution is -0.141. The van der Waals surface area contributed by atoms with E-state index in [1.54, 1.807) is 17.8 Å². The van der Waals surface area contributed by atoms with Crippen LogP contribution in [0.4, 0.5) is 4.79 Å². The number of aromatic nitrogens is 5. The largest absolute Gasteiger partial charge is 0.516 e. The highest BCUT2D eigenvalue weighted by Crippen LogP contribution is 2.37. The average Bonchev–Trinajstić information content (AvgIpc) is 3.47. The van der Waals surface area contributed by atoms with Gasteiger partial charge in [-0.15, -0.1) is 0 Å². The molecule has 29 heavy (non-hydrogen) atoms. The molecule has 0 unspecified atom stereocenters. The van der Waals surface area contributed by atoms with Crippen LogP contribution in [0.25, 0.3) is 22.3 Å². The maximum atomic E-state index is 12.3. The van der Waals surface area contributed by atoms with Gasteiger partial charge in [0.1, 0.15) is 12.0 Å². The Hall–Kier alpha value is -3.23. The van der Waals surface area contributed by atoms with Crippen LogP contribution in [0.2, 0.25) is 0 Å². The van der Waals surface area contributed by atoms with E-state index in [2.05, 4.69) is 20.1 Å². The number of H-pyrrole nitrogens is 1. The number of ether oxygens (including phenoxy) is 2. The van der Waals surface area contributed by atoms with Crippen LogP contribution in [-0.2, 0) is 14.3 Å². The molecule has 9 heteroatoms. The topological polar surface area (TPSA) is 112 Å². The standard InChI is InChI=1S/C20H23N5O4/c1-2-28-20(27)29-17(26)9-16(13-5-3-4-6-13)25-11-14(10-24-25)18-15-7-8-21-19(15)23-12-22-18/h7-8,10-13,16H,2-6,9H2,1H3,(H,21,22,23)/t16-/m1/s1. The zero-order valence-electron chi connectivity index (χ0n) is 16.2. The molecule has 0 bridgehead atoms. The highest BCUT2D eigenvalue weighted by Gasteiger charge is 2.30. The van der Waals surface area contributed by atoms with Gasteiger partial charge in [0.05, 0.1) is 31.0 Å². The van der Waals surface area contributed by atoms with Crippen LogP contribution in [0, 0.1) is 5.92 Å². The number of hydrogen-bond donors (Lipinski definition) is 1. The smallest absolute Gasteiger partial charge is 0.434 e. The molecular formula is C20H23N5O4. The van der Waals surface area contributed by atoms with Crippen LogP contribution < -0.4 is 0 Å². The summed E-state index contributed by atoms with van der Waals surface area (Å²) in [6.45, 7) is 1.82. The fourth-order valence-corrected chi connectivity index (χ4v) is 4.02. The molecule has 4 rings (SSSR count). The first-order chi connectivity index (χ1) is 14.2. The molecule has 3 aromatic heterocycles. The number of carbonyl (C=O) groups is 2. The Morgan fingerprint density at radius 1 is 1.31 bits per heavy atom. The third kappa shape index (κ3) is 4.13. The summed E-state index contributed by atoms with van der Waals surface area (Å²) in [7, 11) is 0. The van der Waals surface area contributed by atoms with Gasteiger partial charge in [-0.1, -0.05) is 12.8 Å². The Morgan fingerprint density at radius 2 is 2.14 bits per heavy atom. The third-order valence-electron chi connectivity index (χ3n) is 5.35. The Morgan fingerprint density at radius 3 is 2.93 bits per heavy atom. The Bertz CT molecular complexity index is 1010. The summed E-state index contributed by atoms with van der Waals surface area (Å²) >= 11 is 0. The van der Waals surface area contributed by atoms with E-state index >= 15 is 0 Å². The van der Waals surface area contributed by atoms with Crippen molar-refractivity contribution in [3.8, 4) is 11.3 Å². The van der Waals surface area contributed by atoms with Gasteiger partial charge in [-0.25, -0.2) is 14.8 Å². The molecule has 0 saturated heterocycles. The summed E-state index contributed by atoms with van der Waals surface area (Å²) in [4.78, 5) is 35.5. The van der Waals surface area contributed by atoms with Crippen LogP contribution in [0.5, 0.6) is 0 Å². The van der Waals surface area contributed by atoms with Crippen molar-refractivity contribution in [2.45, 2.75) is 45.1 Å². The highest BCUT2D eigenvalue weighted by atomic mass is 16.7. The zero-order valence-corrected chi connectivity index (χ0v) is 16.2. The Kier molecular flexibility index (Phi) is 5.55. The Labute approximate surface area is 167 Å². The minimum Gasteiger partial charge on any atom is -0.434 e. The van der Waals surface area contributed by atoms with Gasteiger partial charge in [0.15, 0.2) is 0 Å². The van der Waals surface area contributed by atoms with Crippen molar-refractivity contribution in [1.82, 2.24) is 24.7 Å². The molecule has 0 amide bonds. The molecule has 0 spiro atoms. The monoisotopic (exact) mass is 397 g/mol. The quantitative estimate of drug-likeness (QED) is 0.499. The van der Waals surface area contributed by atoms with E-state index in [-0.39, 0.29) is 19.1 Å². The maximum absolute atomic E-state index is 12.3. The van der Waals surface area contributed by atoms with Crippen molar-refractivity contribution in [1.29, 1.82) is 0 Å². The van der Waals surface area contributed by atoms with Gasteiger partial charge >= 0.3 is 12.1 Å². The van der Waals surface area contributed by atoms with Gasteiger partial charge < -0.3 is 14.5 Å². The highest BCUT2D eigenvalue weighted by molar-refractivity contribution is 5.90. The fraction of sp³-hybridized carbons (Fsp3) is 0.450. The van der Waals surface area contributed by atoms with E-state index in [1.807, 2.05) is 18.5 Å². The van der Waals surface area contributed by atoms with Crippen LogP contribution in [-0.4, -0.2) is 43.5 Å². The number of aromatic amines is 1. The first kappa shape index (κ1) is 19.1. The molecule has 1 aliphatic rings. The zero-order chi connectivity index (χ0) is 20.2. The second kappa shape index (κ2) is 8.42. The summed E-state index contributed by atoms with van der Waals surface area (Å²) in [5.74, 6) is -0.303. The molecule has 1 N–H and O–H groups in total. The minimum atomic E-state index is -0.959. The molecule has 1 saturated carbocycles. The van der Waals surface area contributed by atoms with Gasteiger partial charge in [-0.05, 0) is 31.7 Å². The van der Waals surface area contributed by atoms with Crippen molar-refractivity contribution < 1.29 is 19.1 Å². The number of carbonyl (C=O) groups excluding carboxylic acids is 2. The fourth-order valence-electron chi connectivity index (χ4n) is 4.02. The van der Waals surface area contributed by atoms with Crippen molar-refractivity contribution in [2.24, 2.45) is 5.92 Å². The van der Waals surface area contributed by atoms with Crippen molar-refractivity contribution in [2.75, 3.05) is 6.61 Å². The predicted octanol–water partition coefficient (Wildman–Crippen LogP) is 3.64. The second-order valence-corrected chi connectivity index (χ2v) is 7.14. The number of nitrogens with zero attached hydrogens (tertiary/aromatic N) is 4. The number of rotatable bonds is 6. The van der Waals surface area contributed by atoms with Gasteiger partial charge in [0, 0.05) is 23.3 Å². The lowest BCUT2D eigenvalue weighted by Crippen LogP contribution is -2.24. The maximum Gasteiger partial charge on any atom is 0.516 e. The normalized spacial score (nSPS) is 15.5. The van der Waals surface area contributed by atoms with Crippen molar-refractivity contribution >= 4 is 23.2 Å². The summed E-state index contributed by atoms with van der Waals surface area (Å²) in [6, 6.07) is 1.74. The average molecular weight is 397 g/mol. The molecule has 9 nitrogen and oxygen atoms in total. The molecule has 3 aromatic rings. The van der Waals surface area contributed by atoms with E-state index in [1.165, 1.54) is 6.33 Å². The molecule has 0 radical (unpaired) electrons. The molecule has 3 heterocycles. The third-order valence-corrected chi connectivity index (χ3v) is 5.35.